The van der Waals surface area contributed by atoms with Crippen molar-refractivity contribution in [2.75, 3.05) is 0 Å². The van der Waals surface area contributed by atoms with Crippen molar-refractivity contribution in [1.29, 1.82) is 10.5 Å². The minimum Gasteiger partial charge on any atom is -0.335 e. The van der Waals surface area contributed by atoms with Crippen LogP contribution in [-0.2, 0) is 0 Å². The number of carbonyl (C=O) groups excluding carboxylic acids is 1. The molecule has 0 saturated heterocycles. The molecule has 0 spiro atoms. The van der Waals surface area contributed by atoms with Crippen molar-refractivity contribution in [3.63, 3.8) is 0 Å². The molecule has 1 aromatic rings. The summed E-state index contributed by atoms with van der Waals surface area (Å²) in [7, 11) is 0. The van der Waals surface area contributed by atoms with Gasteiger partial charge in [0.25, 0.3) is 5.91 Å². The molecular formula is C12H12N4O. The Hall–Kier alpha value is -2.40. The van der Waals surface area contributed by atoms with Crippen molar-refractivity contribution >= 4 is 5.91 Å². The number of aromatic nitrogens is 1. The molecule has 1 rings (SSSR count). The number of hydrogen-bond donors (Lipinski definition) is 1. The smallest absolute Gasteiger partial charge is 0.270 e. The molecule has 1 heterocycles. The fraction of sp³-hybridized carbons (Fsp3) is 0.333. The molecule has 0 bridgehead atoms. The maximum Gasteiger partial charge on any atom is 0.270 e. The third-order valence-electron chi connectivity index (χ3n) is 2.22. The van der Waals surface area contributed by atoms with Gasteiger partial charge >= 0.3 is 0 Å². The fourth-order valence-electron chi connectivity index (χ4n) is 1.16. The Labute approximate surface area is 99.7 Å². The van der Waals surface area contributed by atoms with Crippen LogP contribution in [0.4, 0.5) is 0 Å². The van der Waals surface area contributed by atoms with Crippen LogP contribution in [0.2, 0.25) is 0 Å². The minimum absolute atomic E-state index is 0.0299. The first-order chi connectivity index (χ1) is 8.08. The van der Waals surface area contributed by atoms with Gasteiger partial charge in [0.1, 0.15) is 17.8 Å². The predicted octanol–water partition coefficient (Wildman–Crippen LogP) is 1.23. The second-order valence-electron chi connectivity index (χ2n) is 3.87. The maximum atomic E-state index is 11.7. The summed E-state index contributed by atoms with van der Waals surface area (Å²) in [5, 5.41) is 20.0. The summed E-state index contributed by atoms with van der Waals surface area (Å²) < 4.78 is 0. The zero-order chi connectivity index (χ0) is 12.8. The van der Waals surface area contributed by atoms with Crippen LogP contribution in [0.1, 0.15) is 29.9 Å². The molecule has 17 heavy (non-hydrogen) atoms. The van der Waals surface area contributed by atoms with Crippen molar-refractivity contribution in [3.8, 4) is 12.1 Å². The molecule has 1 atom stereocenters. The summed E-state index contributed by atoms with van der Waals surface area (Å²) in [5.74, 6) is -0.378. The molecule has 1 aromatic heterocycles. The molecule has 1 unspecified atom stereocenters. The van der Waals surface area contributed by atoms with Crippen LogP contribution in [0.25, 0.3) is 0 Å². The Balaban J connectivity index is 2.77. The highest BCUT2D eigenvalue weighted by atomic mass is 16.1. The van der Waals surface area contributed by atoms with Gasteiger partial charge in [-0.25, -0.2) is 4.98 Å². The van der Waals surface area contributed by atoms with Crippen LogP contribution in [0.5, 0.6) is 0 Å². The van der Waals surface area contributed by atoms with E-state index in [1.54, 1.807) is 0 Å². The molecule has 5 heteroatoms. The molecule has 0 aliphatic heterocycles. The summed E-state index contributed by atoms with van der Waals surface area (Å²) in [6.07, 6.45) is 1.33. The average Bonchev–Trinajstić information content (AvgIpc) is 2.35. The average molecular weight is 228 g/mol. The van der Waals surface area contributed by atoms with E-state index in [-0.39, 0.29) is 11.6 Å². The normalized spacial score (nSPS) is 11.4. The monoisotopic (exact) mass is 228 g/mol. The molecule has 0 aromatic carbocycles. The van der Waals surface area contributed by atoms with Gasteiger partial charge < -0.3 is 5.32 Å². The van der Waals surface area contributed by atoms with Gasteiger partial charge in [-0.15, -0.1) is 0 Å². The van der Waals surface area contributed by atoms with Gasteiger partial charge in [0.15, 0.2) is 0 Å². The summed E-state index contributed by atoms with van der Waals surface area (Å²) in [6.45, 7) is 3.70. The van der Waals surface area contributed by atoms with E-state index in [1.165, 1.54) is 18.3 Å². The highest BCUT2D eigenvalue weighted by Crippen LogP contribution is 2.03. The van der Waals surface area contributed by atoms with Gasteiger partial charge in [-0.05, 0) is 18.1 Å². The van der Waals surface area contributed by atoms with Crippen LogP contribution in [0.15, 0.2) is 18.3 Å². The number of pyridine rings is 1. The number of nitrogens with one attached hydrogen (secondary N) is 1. The van der Waals surface area contributed by atoms with Crippen molar-refractivity contribution < 1.29 is 4.79 Å². The van der Waals surface area contributed by atoms with E-state index >= 15 is 0 Å². The summed E-state index contributed by atoms with van der Waals surface area (Å²) >= 11 is 0. The summed E-state index contributed by atoms with van der Waals surface area (Å²) in [5.41, 5.74) is 0.590. The molecule has 0 saturated carbocycles. The van der Waals surface area contributed by atoms with E-state index in [4.69, 9.17) is 10.5 Å². The number of nitriles is 2. The Morgan fingerprint density at radius 1 is 1.41 bits per heavy atom. The van der Waals surface area contributed by atoms with E-state index in [2.05, 4.69) is 10.3 Å². The number of nitrogens with zero attached hydrogens (tertiary/aromatic N) is 3. The zero-order valence-electron chi connectivity index (χ0n) is 9.64. The SMILES string of the molecule is CC(C)C(C#N)NC(=O)c1ccc(C#N)cn1. The van der Waals surface area contributed by atoms with Crippen LogP contribution in [0.3, 0.4) is 0 Å². The molecule has 1 N–H and O–H groups in total. The number of rotatable bonds is 3. The zero-order valence-corrected chi connectivity index (χ0v) is 9.64. The third-order valence-corrected chi connectivity index (χ3v) is 2.22. The van der Waals surface area contributed by atoms with Crippen molar-refractivity contribution in [2.45, 2.75) is 19.9 Å². The molecule has 0 fully saturated rings. The van der Waals surface area contributed by atoms with E-state index in [1.807, 2.05) is 26.0 Å². The quantitative estimate of drug-likeness (QED) is 0.842. The van der Waals surface area contributed by atoms with Crippen LogP contribution in [0, 0.1) is 28.6 Å². The van der Waals surface area contributed by atoms with Gasteiger partial charge in [0, 0.05) is 6.20 Å². The lowest BCUT2D eigenvalue weighted by molar-refractivity contribution is 0.0932. The Kier molecular flexibility index (Phi) is 4.19. The highest BCUT2D eigenvalue weighted by molar-refractivity contribution is 5.92. The molecular weight excluding hydrogens is 216 g/mol. The van der Waals surface area contributed by atoms with Gasteiger partial charge in [-0.3, -0.25) is 4.79 Å². The molecule has 0 aliphatic carbocycles. The molecule has 1 amide bonds. The Bertz CT molecular complexity index is 479. The maximum absolute atomic E-state index is 11.7. The summed E-state index contributed by atoms with van der Waals surface area (Å²) in [6, 6.07) is 6.36. The second-order valence-corrected chi connectivity index (χ2v) is 3.87. The highest BCUT2D eigenvalue weighted by Gasteiger charge is 2.16. The number of hydrogen-bond acceptors (Lipinski definition) is 4. The molecule has 0 aliphatic rings. The topological polar surface area (TPSA) is 89.6 Å². The van der Waals surface area contributed by atoms with Gasteiger partial charge in [-0.1, -0.05) is 13.8 Å². The van der Waals surface area contributed by atoms with E-state index in [0.29, 0.717) is 5.56 Å². The molecule has 5 nitrogen and oxygen atoms in total. The van der Waals surface area contributed by atoms with E-state index < -0.39 is 11.9 Å². The second kappa shape index (κ2) is 5.62. The van der Waals surface area contributed by atoms with E-state index in [9.17, 15) is 4.79 Å². The van der Waals surface area contributed by atoms with Gasteiger partial charge in [0.2, 0.25) is 0 Å². The summed E-state index contributed by atoms with van der Waals surface area (Å²) in [4.78, 5) is 15.6. The molecule has 86 valence electrons. The predicted molar refractivity (Wildman–Crippen MR) is 60.7 cm³/mol. The fourth-order valence-corrected chi connectivity index (χ4v) is 1.16. The minimum atomic E-state index is -0.542. The first kappa shape index (κ1) is 12.7. The van der Waals surface area contributed by atoms with Crippen molar-refractivity contribution in [2.24, 2.45) is 5.92 Å². The van der Waals surface area contributed by atoms with Crippen molar-refractivity contribution in [1.82, 2.24) is 10.3 Å². The van der Waals surface area contributed by atoms with Gasteiger partial charge in [0.05, 0.1) is 11.6 Å². The first-order valence-corrected chi connectivity index (χ1v) is 5.15. The standard InChI is InChI=1S/C12H12N4O/c1-8(2)11(6-14)16-12(17)10-4-3-9(5-13)7-15-10/h3-4,7-8,11H,1-2H3,(H,16,17). The van der Waals surface area contributed by atoms with Gasteiger partial charge in [-0.2, -0.15) is 10.5 Å². The lowest BCUT2D eigenvalue weighted by Gasteiger charge is -2.14. The van der Waals surface area contributed by atoms with E-state index in [0.717, 1.165) is 0 Å². The van der Waals surface area contributed by atoms with Crippen LogP contribution >= 0.6 is 0 Å². The van der Waals surface area contributed by atoms with Crippen molar-refractivity contribution in [3.05, 3.63) is 29.6 Å². The number of carbonyl (C=O) groups is 1. The lowest BCUT2D eigenvalue weighted by Crippen LogP contribution is -2.37. The van der Waals surface area contributed by atoms with Crippen LogP contribution in [-0.4, -0.2) is 16.9 Å². The third kappa shape index (κ3) is 3.29. The first-order valence-electron chi connectivity index (χ1n) is 5.15. The van der Waals surface area contributed by atoms with Crippen LogP contribution < -0.4 is 5.32 Å². The molecule has 0 radical (unpaired) electrons. The Morgan fingerprint density at radius 2 is 2.12 bits per heavy atom. The largest absolute Gasteiger partial charge is 0.335 e. The number of amides is 1. The Morgan fingerprint density at radius 3 is 2.53 bits per heavy atom. The lowest BCUT2D eigenvalue weighted by atomic mass is 10.1.